The van der Waals surface area contributed by atoms with E-state index in [1.165, 1.54) is 16.8 Å². The SMILES string of the molecule is CC1=[N+](CCCS(=O)(=O)O)c2ccc(C)cc2C1(C)CCCCCC(=O)O. The molecule has 1 aromatic rings. The molecule has 6 nitrogen and oxygen atoms in total. The van der Waals surface area contributed by atoms with Crippen LogP contribution in [0, 0.1) is 6.92 Å². The minimum absolute atomic E-state index is 0.150. The van der Waals surface area contributed by atoms with Crippen LogP contribution in [-0.2, 0) is 20.3 Å². The topological polar surface area (TPSA) is 94.7 Å². The van der Waals surface area contributed by atoms with Crippen LogP contribution in [0.4, 0.5) is 5.69 Å². The maximum atomic E-state index is 11.0. The molecule has 0 saturated carbocycles. The summed E-state index contributed by atoms with van der Waals surface area (Å²) in [5.41, 5.74) is 4.55. The Morgan fingerprint density at radius 1 is 1.15 bits per heavy atom. The molecule has 1 unspecified atom stereocenters. The number of aryl methyl sites for hydroxylation is 1. The second kappa shape index (κ2) is 8.52. The first-order valence-corrected chi connectivity index (χ1v) is 11.1. The fraction of sp³-hybridized carbons (Fsp3) is 0.600. The van der Waals surface area contributed by atoms with Gasteiger partial charge in [-0.15, -0.1) is 0 Å². The Balaban J connectivity index is 2.19. The normalized spacial score (nSPS) is 19.4. The van der Waals surface area contributed by atoms with E-state index in [-0.39, 0.29) is 17.6 Å². The highest BCUT2D eigenvalue weighted by Gasteiger charge is 2.45. The van der Waals surface area contributed by atoms with Crippen molar-refractivity contribution < 1.29 is 27.4 Å². The van der Waals surface area contributed by atoms with Gasteiger partial charge in [0.15, 0.2) is 5.71 Å². The molecule has 1 heterocycles. The van der Waals surface area contributed by atoms with Crippen LogP contribution in [0.1, 0.15) is 63.5 Å². The van der Waals surface area contributed by atoms with Crippen LogP contribution in [0.3, 0.4) is 0 Å². The van der Waals surface area contributed by atoms with Crippen LogP contribution in [0.5, 0.6) is 0 Å². The lowest BCUT2D eigenvalue weighted by Crippen LogP contribution is -2.30. The highest BCUT2D eigenvalue weighted by molar-refractivity contribution is 7.85. The molecule has 0 aliphatic carbocycles. The Kier molecular flexibility index (Phi) is 6.81. The van der Waals surface area contributed by atoms with Crippen LogP contribution in [0.25, 0.3) is 0 Å². The Bertz CT molecular complexity index is 844. The quantitative estimate of drug-likeness (QED) is 0.357. The van der Waals surface area contributed by atoms with Gasteiger partial charge in [0.05, 0.1) is 11.2 Å². The number of fused-ring (bicyclic) bond motifs is 1. The third-order valence-corrected chi connectivity index (χ3v) is 6.40. The molecule has 0 radical (unpaired) electrons. The van der Waals surface area contributed by atoms with Gasteiger partial charge in [-0.25, -0.2) is 0 Å². The maximum absolute atomic E-state index is 11.0. The first kappa shape index (κ1) is 21.6. The summed E-state index contributed by atoms with van der Waals surface area (Å²) < 4.78 is 33.3. The van der Waals surface area contributed by atoms with E-state index in [1.54, 1.807) is 0 Å². The van der Waals surface area contributed by atoms with Gasteiger partial charge in [-0.3, -0.25) is 9.35 Å². The van der Waals surface area contributed by atoms with E-state index in [9.17, 15) is 13.2 Å². The first-order valence-electron chi connectivity index (χ1n) is 9.44. The lowest BCUT2D eigenvalue weighted by molar-refractivity contribution is -0.438. The van der Waals surface area contributed by atoms with E-state index in [4.69, 9.17) is 9.66 Å². The monoisotopic (exact) mass is 396 g/mol. The van der Waals surface area contributed by atoms with Crippen LogP contribution in [-0.4, -0.2) is 46.6 Å². The molecule has 1 aliphatic rings. The highest BCUT2D eigenvalue weighted by atomic mass is 32.2. The summed E-state index contributed by atoms with van der Waals surface area (Å²) >= 11 is 0. The smallest absolute Gasteiger partial charge is 0.303 e. The van der Waals surface area contributed by atoms with Crippen LogP contribution >= 0.6 is 0 Å². The number of carboxylic acid groups (broad SMARTS) is 1. The minimum Gasteiger partial charge on any atom is -0.481 e. The molecular weight excluding hydrogens is 366 g/mol. The average molecular weight is 397 g/mol. The Labute approximate surface area is 161 Å². The number of carbonyl (C=O) groups is 1. The van der Waals surface area contributed by atoms with Gasteiger partial charge in [-0.05, 0) is 32.8 Å². The zero-order valence-electron chi connectivity index (χ0n) is 16.4. The largest absolute Gasteiger partial charge is 0.481 e. The van der Waals surface area contributed by atoms with Gasteiger partial charge in [0.25, 0.3) is 10.1 Å². The van der Waals surface area contributed by atoms with E-state index in [2.05, 4.69) is 43.5 Å². The molecule has 0 amide bonds. The van der Waals surface area contributed by atoms with Gasteiger partial charge in [0.1, 0.15) is 6.54 Å². The first-order chi connectivity index (χ1) is 12.5. The predicted octanol–water partition coefficient (Wildman–Crippen LogP) is 3.68. The van der Waals surface area contributed by atoms with Crippen molar-refractivity contribution in [1.29, 1.82) is 0 Å². The Hall–Kier alpha value is -1.73. The summed E-state index contributed by atoms with van der Waals surface area (Å²) in [4.78, 5) is 10.7. The summed E-state index contributed by atoms with van der Waals surface area (Å²) in [6.45, 7) is 6.89. The Morgan fingerprint density at radius 3 is 2.48 bits per heavy atom. The van der Waals surface area contributed by atoms with E-state index < -0.39 is 16.1 Å². The molecule has 2 N–H and O–H groups in total. The molecule has 1 atom stereocenters. The van der Waals surface area contributed by atoms with Gasteiger partial charge < -0.3 is 5.11 Å². The van der Waals surface area contributed by atoms with Crippen LogP contribution < -0.4 is 0 Å². The fourth-order valence-electron chi connectivity index (χ4n) is 3.94. The molecule has 7 heteroatoms. The third kappa shape index (κ3) is 5.39. The summed E-state index contributed by atoms with van der Waals surface area (Å²) in [7, 11) is -3.96. The van der Waals surface area contributed by atoms with Gasteiger partial charge in [-0.2, -0.15) is 13.0 Å². The van der Waals surface area contributed by atoms with Crippen molar-refractivity contribution in [3.05, 3.63) is 29.3 Å². The number of carboxylic acids is 1. The lowest BCUT2D eigenvalue weighted by atomic mass is 9.75. The van der Waals surface area contributed by atoms with Crippen molar-refractivity contribution in [1.82, 2.24) is 0 Å². The maximum Gasteiger partial charge on any atom is 0.303 e. The van der Waals surface area contributed by atoms with Crippen molar-refractivity contribution in [3.8, 4) is 0 Å². The standard InChI is InChI=1S/C20H29NO5S/c1-15-9-10-18-17(14-15)20(3,11-6-4-5-8-19(22)23)16(2)21(18)12-7-13-27(24,25)26/h9-10,14H,4-8,11-13H2,1-3H3,(H-,22,23,24,25,26)/p+1. The fourth-order valence-corrected chi connectivity index (χ4v) is 4.43. The van der Waals surface area contributed by atoms with Gasteiger partial charge >= 0.3 is 5.97 Å². The summed E-state index contributed by atoms with van der Waals surface area (Å²) in [5.74, 6) is -1.00. The molecule has 1 aliphatic heterocycles. The zero-order chi connectivity index (χ0) is 20.2. The third-order valence-electron chi connectivity index (χ3n) is 5.59. The van der Waals surface area contributed by atoms with Crippen molar-refractivity contribution in [2.24, 2.45) is 0 Å². The lowest BCUT2D eigenvalue weighted by Gasteiger charge is -2.22. The molecular formula is C20H30NO5S+. The van der Waals surface area contributed by atoms with E-state index in [0.29, 0.717) is 19.4 Å². The molecule has 0 bridgehead atoms. The van der Waals surface area contributed by atoms with Crippen molar-refractivity contribution in [2.75, 3.05) is 12.3 Å². The number of unbranched alkanes of at least 4 members (excludes halogenated alkanes) is 2. The molecule has 27 heavy (non-hydrogen) atoms. The molecule has 2 rings (SSSR count). The number of nitrogens with zero attached hydrogens (tertiary/aromatic N) is 1. The number of rotatable bonds is 10. The molecule has 0 saturated heterocycles. The second-order valence-corrected chi connectivity index (χ2v) is 9.26. The Morgan fingerprint density at radius 2 is 1.85 bits per heavy atom. The number of hydrogen-bond acceptors (Lipinski definition) is 3. The van der Waals surface area contributed by atoms with E-state index in [0.717, 1.165) is 24.9 Å². The van der Waals surface area contributed by atoms with Gasteiger partial charge in [0, 0.05) is 31.4 Å². The summed E-state index contributed by atoms with van der Waals surface area (Å²) in [5, 5.41) is 8.78. The van der Waals surface area contributed by atoms with Crippen molar-refractivity contribution in [2.45, 2.75) is 64.7 Å². The minimum atomic E-state index is -3.96. The molecule has 150 valence electrons. The zero-order valence-corrected chi connectivity index (χ0v) is 17.2. The predicted molar refractivity (Wildman–Crippen MR) is 106 cm³/mol. The number of benzene rings is 1. The second-order valence-electron chi connectivity index (χ2n) is 7.68. The summed E-state index contributed by atoms with van der Waals surface area (Å²) in [6, 6.07) is 6.33. The molecule has 0 fully saturated rings. The molecule has 1 aromatic carbocycles. The van der Waals surface area contributed by atoms with E-state index >= 15 is 0 Å². The van der Waals surface area contributed by atoms with Crippen molar-refractivity contribution >= 4 is 27.5 Å². The van der Waals surface area contributed by atoms with E-state index in [1.807, 2.05) is 0 Å². The number of aliphatic carboxylic acids is 1. The number of hydrogen-bond donors (Lipinski definition) is 2. The molecule has 0 spiro atoms. The van der Waals surface area contributed by atoms with Gasteiger partial charge in [-0.1, -0.05) is 24.5 Å². The van der Waals surface area contributed by atoms with Crippen LogP contribution in [0.15, 0.2) is 18.2 Å². The van der Waals surface area contributed by atoms with Crippen LogP contribution in [0.2, 0.25) is 0 Å². The summed E-state index contributed by atoms with van der Waals surface area (Å²) in [6.07, 6.45) is 3.98. The molecule has 0 aromatic heterocycles. The van der Waals surface area contributed by atoms with Crippen molar-refractivity contribution in [3.63, 3.8) is 0 Å². The average Bonchev–Trinajstić information content (AvgIpc) is 2.75. The van der Waals surface area contributed by atoms with Gasteiger partial charge in [0.2, 0.25) is 5.69 Å². The highest BCUT2D eigenvalue weighted by Crippen LogP contribution is 2.43.